The molecule has 0 saturated carbocycles. The highest BCUT2D eigenvalue weighted by Gasteiger charge is 2.32. The lowest BCUT2D eigenvalue weighted by Gasteiger charge is -2.38. The van der Waals surface area contributed by atoms with Gasteiger partial charge in [0.25, 0.3) is 5.91 Å². The van der Waals surface area contributed by atoms with Crippen molar-refractivity contribution in [2.75, 3.05) is 45.9 Å². The summed E-state index contributed by atoms with van der Waals surface area (Å²) in [4.78, 5) is 16.9. The van der Waals surface area contributed by atoms with Crippen LogP contribution in [0.4, 0.5) is 0 Å². The van der Waals surface area contributed by atoms with Crippen LogP contribution in [0.1, 0.15) is 25.7 Å². The summed E-state index contributed by atoms with van der Waals surface area (Å²) in [5.74, 6) is 0.187. The number of piperidine rings is 1. The van der Waals surface area contributed by atoms with E-state index in [4.69, 9.17) is 4.74 Å². The van der Waals surface area contributed by atoms with Crippen LogP contribution >= 0.6 is 0 Å². The second kappa shape index (κ2) is 6.20. The molecule has 0 aromatic carbocycles. The molecular formula is C14H25N3O2. The molecule has 3 aliphatic heterocycles. The van der Waals surface area contributed by atoms with Gasteiger partial charge in [0.2, 0.25) is 0 Å². The second-order valence-corrected chi connectivity index (χ2v) is 5.86. The minimum Gasteiger partial charge on any atom is -0.366 e. The van der Waals surface area contributed by atoms with Gasteiger partial charge in [0.15, 0.2) is 0 Å². The number of carbonyl (C=O) groups excluding carboxylic acids is 1. The molecule has 1 amide bonds. The summed E-state index contributed by atoms with van der Waals surface area (Å²) in [6.45, 7) is 6.51. The van der Waals surface area contributed by atoms with Gasteiger partial charge in [-0.1, -0.05) is 0 Å². The summed E-state index contributed by atoms with van der Waals surface area (Å²) in [6.07, 6.45) is 4.70. The fourth-order valence-corrected chi connectivity index (χ4v) is 3.49. The van der Waals surface area contributed by atoms with Crippen LogP contribution in [0.15, 0.2) is 0 Å². The van der Waals surface area contributed by atoms with Gasteiger partial charge in [-0.2, -0.15) is 0 Å². The number of nitrogens with zero attached hydrogens (tertiary/aromatic N) is 2. The van der Waals surface area contributed by atoms with Crippen molar-refractivity contribution in [2.24, 2.45) is 0 Å². The van der Waals surface area contributed by atoms with Gasteiger partial charge in [0.1, 0.15) is 6.10 Å². The van der Waals surface area contributed by atoms with E-state index in [0.29, 0.717) is 19.2 Å². The fraction of sp³-hybridized carbons (Fsp3) is 0.929. The van der Waals surface area contributed by atoms with Crippen molar-refractivity contribution in [3.63, 3.8) is 0 Å². The Balaban J connectivity index is 1.47. The van der Waals surface area contributed by atoms with Crippen LogP contribution < -0.4 is 5.32 Å². The molecule has 3 saturated heterocycles. The highest BCUT2D eigenvalue weighted by Crippen LogP contribution is 2.21. The molecule has 3 rings (SSSR count). The number of carbonyl (C=O) groups is 1. The van der Waals surface area contributed by atoms with Crippen LogP contribution in [0.25, 0.3) is 0 Å². The minimum atomic E-state index is -0.253. The molecule has 5 nitrogen and oxygen atoms in total. The molecule has 0 bridgehead atoms. The molecule has 1 unspecified atom stereocenters. The third-order valence-electron chi connectivity index (χ3n) is 4.64. The monoisotopic (exact) mass is 267 g/mol. The maximum Gasteiger partial charge on any atom is 0.253 e. The third-order valence-corrected chi connectivity index (χ3v) is 4.64. The first-order chi connectivity index (χ1) is 9.34. The Bertz CT molecular complexity index is 304. The largest absolute Gasteiger partial charge is 0.366 e. The molecule has 19 heavy (non-hydrogen) atoms. The molecule has 0 aromatic rings. The maximum atomic E-state index is 12.3. The van der Waals surface area contributed by atoms with Crippen molar-refractivity contribution >= 4 is 5.91 Å². The Morgan fingerprint density at radius 3 is 2.47 bits per heavy atom. The first-order valence-corrected chi connectivity index (χ1v) is 7.70. The number of nitrogens with one attached hydrogen (secondary N) is 1. The van der Waals surface area contributed by atoms with E-state index in [2.05, 4.69) is 10.2 Å². The molecule has 108 valence electrons. The van der Waals surface area contributed by atoms with Crippen molar-refractivity contribution in [3.8, 4) is 0 Å². The number of ether oxygens (including phenoxy) is 1. The smallest absolute Gasteiger partial charge is 0.253 e. The lowest BCUT2D eigenvalue weighted by molar-refractivity contribution is -0.146. The van der Waals surface area contributed by atoms with E-state index in [1.54, 1.807) is 0 Å². The van der Waals surface area contributed by atoms with Gasteiger partial charge in [-0.15, -0.1) is 0 Å². The molecule has 0 spiro atoms. The Hall–Kier alpha value is -0.650. The zero-order valence-electron chi connectivity index (χ0n) is 11.6. The molecule has 1 atom stereocenters. The fourth-order valence-electron chi connectivity index (χ4n) is 3.49. The van der Waals surface area contributed by atoms with Gasteiger partial charge >= 0.3 is 0 Å². The number of amides is 1. The Morgan fingerprint density at radius 2 is 1.84 bits per heavy atom. The lowest BCUT2D eigenvalue weighted by atomic mass is 10.0. The van der Waals surface area contributed by atoms with Gasteiger partial charge in [-0.25, -0.2) is 0 Å². The third kappa shape index (κ3) is 3.09. The summed E-state index contributed by atoms with van der Waals surface area (Å²) in [6, 6.07) is 0.706. The molecule has 3 heterocycles. The van der Waals surface area contributed by atoms with E-state index in [0.717, 1.165) is 32.5 Å². The number of morpholine rings is 1. The van der Waals surface area contributed by atoms with Crippen LogP contribution in [0.3, 0.4) is 0 Å². The Morgan fingerprint density at radius 1 is 1.11 bits per heavy atom. The van der Waals surface area contributed by atoms with Crippen molar-refractivity contribution in [1.82, 2.24) is 15.1 Å². The standard InChI is InChI=1S/C14H25N3O2/c18-14(13-11-15-5-10-19-13)17-8-3-12(4-9-17)16-6-1-2-7-16/h12-13,15H,1-11H2. The van der Waals surface area contributed by atoms with Gasteiger partial charge in [-0.05, 0) is 38.8 Å². The molecule has 3 aliphatic rings. The van der Waals surface area contributed by atoms with Crippen LogP contribution in [-0.4, -0.2) is 73.7 Å². The second-order valence-electron chi connectivity index (χ2n) is 5.86. The zero-order valence-corrected chi connectivity index (χ0v) is 11.6. The summed E-state index contributed by atoms with van der Waals surface area (Å²) in [5.41, 5.74) is 0. The maximum absolute atomic E-state index is 12.3. The van der Waals surface area contributed by atoms with E-state index in [9.17, 15) is 4.79 Å². The van der Waals surface area contributed by atoms with Crippen molar-refractivity contribution in [2.45, 2.75) is 37.8 Å². The van der Waals surface area contributed by atoms with Gasteiger partial charge in [0, 0.05) is 32.2 Å². The van der Waals surface area contributed by atoms with Crippen molar-refractivity contribution in [3.05, 3.63) is 0 Å². The van der Waals surface area contributed by atoms with Gasteiger partial charge in [0.05, 0.1) is 6.61 Å². The summed E-state index contributed by atoms with van der Waals surface area (Å²) >= 11 is 0. The SMILES string of the molecule is O=C(C1CNCCO1)N1CCC(N2CCCC2)CC1. The van der Waals surface area contributed by atoms with E-state index >= 15 is 0 Å². The first kappa shape index (κ1) is 13.3. The van der Waals surface area contributed by atoms with Crippen LogP contribution in [0, 0.1) is 0 Å². The number of hydrogen-bond donors (Lipinski definition) is 1. The predicted molar refractivity (Wildman–Crippen MR) is 73.0 cm³/mol. The van der Waals surface area contributed by atoms with Gasteiger partial charge in [-0.3, -0.25) is 4.79 Å². The molecule has 0 aromatic heterocycles. The Kier molecular flexibility index (Phi) is 4.35. The van der Waals surface area contributed by atoms with E-state index in [-0.39, 0.29) is 12.0 Å². The van der Waals surface area contributed by atoms with Crippen LogP contribution in [-0.2, 0) is 9.53 Å². The van der Waals surface area contributed by atoms with Crippen molar-refractivity contribution < 1.29 is 9.53 Å². The molecule has 3 fully saturated rings. The number of rotatable bonds is 2. The molecule has 5 heteroatoms. The lowest BCUT2D eigenvalue weighted by Crippen LogP contribution is -2.53. The summed E-state index contributed by atoms with van der Waals surface area (Å²) < 4.78 is 5.56. The average molecular weight is 267 g/mol. The van der Waals surface area contributed by atoms with Crippen molar-refractivity contribution in [1.29, 1.82) is 0 Å². The average Bonchev–Trinajstić information content (AvgIpc) is 3.02. The minimum absolute atomic E-state index is 0.187. The predicted octanol–water partition coefficient (Wildman–Crippen LogP) is 0.0616. The van der Waals surface area contributed by atoms with E-state index < -0.39 is 0 Å². The number of likely N-dealkylation sites (tertiary alicyclic amines) is 2. The quantitative estimate of drug-likeness (QED) is 0.768. The Labute approximate surface area is 115 Å². The van der Waals surface area contributed by atoms with Gasteiger partial charge < -0.3 is 19.9 Å². The first-order valence-electron chi connectivity index (χ1n) is 7.70. The zero-order chi connectivity index (χ0) is 13.1. The number of hydrogen-bond acceptors (Lipinski definition) is 4. The topological polar surface area (TPSA) is 44.8 Å². The molecule has 0 radical (unpaired) electrons. The molecule has 1 N–H and O–H groups in total. The highest BCUT2D eigenvalue weighted by atomic mass is 16.5. The van der Waals surface area contributed by atoms with Crippen LogP contribution in [0.5, 0.6) is 0 Å². The van der Waals surface area contributed by atoms with Crippen LogP contribution in [0.2, 0.25) is 0 Å². The summed E-state index contributed by atoms with van der Waals surface area (Å²) in [5, 5.41) is 3.23. The van der Waals surface area contributed by atoms with E-state index in [1.807, 2.05) is 4.90 Å². The molecule has 0 aliphatic carbocycles. The normalized spacial score (nSPS) is 30.7. The summed E-state index contributed by atoms with van der Waals surface area (Å²) in [7, 11) is 0. The van der Waals surface area contributed by atoms with E-state index in [1.165, 1.54) is 25.9 Å². The highest BCUT2D eigenvalue weighted by molar-refractivity contribution is 5.81. The molecular weight excluding hydrogens is 242 g/mol.